The Morgan fingerprint density at radius 1 is 1.45 bits per heavy atom. The third kappa shape index (κ3) is 3.14. The van der Waals surface area contributed by atoms with Gasteiger partial charge in [-0.25, -0.2) is 0 Å². The lowest BCUT2D eigenvalue weighted by Crippen LogP contribution is -2.37. The number of hydrogen-bond donors (Lipinski definition) is 2. The molecule has 2 N–H and O–H groups in total. The van der Waals surface area contributed by atoms with Crippen LogP contribution in [0.25, 0.3) is 10.9 Å². The molecule has 1 aromatic heterocycles. The Balaban J connectivity index is 1.57. The number of para-hydroxylation sites is 1. The molecule has 1 heterocycles. The molecule has 0 unspecified atom stereocenters. The second-order valence-corrected chi connectivity index (χ2v) is 6.29. The molecule has 3 atom stereocenters. The molecule has 0 spiro atoms. The van der Waals surface area contributed by atoms with Crippen LogP contribution < -0.4 is 5.32 Å². The van der Waals surface area contributed by atoms with Gasteiger partial charge in [-0.05, 0) is 18.9 Å². The number of carbonyl (C=O) groups is 1. The standard InChI is InChI=1S/C17H23N3O2/c1-12(17(22)18-9-14-6-4-8-16(14)21)11-20-15-7-3-2-5-13(15)10-19-20/h2-3,5,7,10,12,14,16,21H,4,6,8-9,11H2,1H3,(H,18,22)/t12-,14-,16+/m1/s1. The molecule has 2 aromatic rings. The summed E-state index contributed by atoms with van der Waals surface area (Å²) in [7, 11) is 0. The first-order valence-corrected chi connectivity index (χ1v) is 8.01. The first-order valence-electron chi connectivity index (χ1n) is 8.01. The van der Waals surface area contributed by atoms with Crippen LogP contribution in [0.2, 0.25) is 0 Å². The van der Waals surface area contributed by atoms with Crippen molar-refractivity contribution >= 4 is 16.8 Å². The second-order valence-electron chi connectivity index (χ2n) is 6.29. The lowest BCUT2D eigenvalue weighted by Gasteiger charge is -2.17. The normalized spacial score (nSPS) is 22.8. The summed E-state index contributed by atoms with van der Waals surface area (Å²) in [6.07, 6.45) is 4.48. The maximum absolute atomic E-state index is 12.2. The molecule has 1 aliphatic carbocycles. The van der Waals surface area contributed by atoms with E-state index in [0.717, 1.165) is 30.2 Å². The van der Waals surface area contributed by atoms with Crippen molar-refractivity contribution in [2.45, 2.75) is 38.8 Å². The van der Waals surface area contributed by atoms with Crippen molar-refractivity contribution < 1.29 is 9.90 Å². The number of hydrogen-bond acceptors (Lipinski definition) is 3. The Kier molecular flexibility index (Phi) is 4.43. The van der Waals surface area contributed by atoms with E-state index >= 15 is 0 Å². The summed E-state index contributed by atoms with van der Waals surface area (Å²) in [6.45, 7) is 3.05. The summed E-state index contributed by atoms with van der Waals surface area (Å²) in [5.74, 6) is 0.0854. The van der Waals surface area contributed by atoms with Gasteiger partial charge in [0.05, 0.1) is 30.3 Å². The topological polar surface area (TPSA) is 67.2 Å². The average Bonchev–Trinajstić information content (AvgIpc) is 3.12. The molecule has 5 heteroatoms. The highest BCUT2D eigenvalue weighted by molar-refractivity contribution is 5.80. The molecule has 1 fully saturated rings. The van der Waals surface area contributed by atoms with Gasteiger partial charge in [-0.1, -0.05) is 31.5 Å². The minimum atomic E-state index is -0.259. The minimum absolute atomic E-state index is 0.0266. The van der Waals surface area contributed by atoms with Crippen LogP contribution in [0.5, 0.6) is 0 Å². The van der Waals surface area contributed by atoms with Gasteiger partial charge in [-0.15, -0.1) is 0 Å². The zero-order valence-electron chi connectivity index (χ0n) is 12.9. The molecule has 0 bridgehead atoms. The number of carbonyl (C=O) groups excluding carboxylic acids is 1. The number of aliphatic hydroxyl groups excluding tert-OH is 1. The Hall–Kier alpha value is -1.88. The monoisotopic (exact) mass is 301 g/mol. The molecule has 118 valence electrons. The zero-order valence-corrected chi connectivity index (χ0v) is 12.9. The predicted octanol–water partition coefficient (Wildman–Crippen LogP) is 1.95. The fourth-order valence-electron chi connectivity index (χ4n) is 3.17. The van der Waals surface area contributed by atoms with Gasteiger partial charge in [-0.2, -0.15) is 5.10 Å². The van der Waals surface area contributed by atoms with E-state index in [2.05, 4.69) is 10.4 Å². The Morgan fingerprint density at radius 3 is 3.05 bits per heavy atom. The van der Waals surface area contributed by atoms with Crippen LogP contribution in [0.1, 0.15) is 26.2 Å². The van der Waals surface area contributed by atoms with Crippen molar-refractivity contribution in [3.8, 4) is 0 Å². The molecule has 1 aromatic carbocycles. The van der Waals surface area contributed by atoms with E-state index in [1.54, 1.807) is 0 Å². The maximum atomic E-state index is 12.2. The summed E-state index contributed by atoms with van der Waals surface area (Å²) in [4.78, 5) is 12.2. The van der Waals surface area contributed by atoms with Gasteiger partial charge < -0.3 is 10.4 Å². The summed E-state index contributed by atoms with van der Waals surface area (Å²) < 4.78 is 1.88. The summed E-state index contributed by atoms with van der Waals surface area (Å²) >= 11 is 0. The highest BCUT2D eigenvalue weighted by Crippen LogP contribution is 2.24. The van der Waals surface area contributed by atoms with Crippen molar-refractivity contribution in [2.24, 2.45) is 11.8 Å². The smallest absolute Gasteiger partial charge is 0.224 e. The molecule has 1 aliphatic rings. The number of aliphatic hydroxyl groups is 1. The summed E-state index contributed by atoms with van der Waals surface area (Å²) in [6, 6.07) is 8.00. The van der Waals surface area contributed by atoms with Gasteiger partial charge in [-0.3, -0.25) is 9.48 Å². The van der Waals surface area contributed by atoms with Crippen molar-refractivity contribution in [1.29, 1.82) is 0 Å². The molecule has 0 saturated heterocycles. The van der Waals surface area contributed by atoms with E-state index in [4.69, 9.17) is 0 Å². The van der Waals surface area contributed by atoms with Gasteiger partial charge in [0.15, 0.2) is 0 Å². The van der Waals surface area contributed by atoms with Crippen LogP contribution in [-0.4, -0.2) is 33.4 Å². The van der Waals surface area contributed by atoms with E-state index in [0.29, 0.717) is 13.1 Å². The third-order valence-corrected chi connectivity index (χ3v) is 4.60. The molecule has 0 radical (unpaired) electrons. The molecule has 3 rings (SSSR count). The van der Waals surface area contributed by atoms with Crippen molar-refractivity contribution in [3.05, 3.63) is 30.5 Å². The quantitative estimate of drug-likeness (QED) is 0.887. The molecule has 1 saturated carbocycles. The molecule has 5 nitrogen and oxygen atoms in total. The first-order chi connectivity index (χ1) is 10.6. The summed E-state index contributed by atoms with van der Waals surface area (Å²) in [5.41, 5.74) is 1.05. The van der Waals surface area contributed by atoms with Gasteiger partial charge in [0.1, 0.15) is 0 Å². The number of nitrogens with zero attached hydrogens (tertiary/aromatic N) is 2. The van der Waals surface area contributed by atoms with Crippen LogP contribution in [0.3, 0.4) is 0 Å². The van der Waals surface area contributed by atoms with Crippen LogP contribution in [0, 0.1) is 11.8 Å². The van der Waals surface area contributed by atoms with Crippen LogP contribution in [0.4, 0.5) is 0 Å². The highest BCUT2D eigenvalue weighted by Gasteiger charge is 2.26. The van der Waals surface area contributed by atoms with E-state index in [1.807, 2.05) is 42.1 Å². The van der Waals surface area contributed by atoms with Gasteiger partial charge in [0.25, 0.3) is 0 Å². The van der Waals surface area contributed by atoms with E-state index in [-0.39, 0.29) is 23.8 Å². The van der Waals surface area contributed by atoms with Crippen molar-refractivity contribution in [3.63, 3.8) is 0 Å². The molecule has 0 aliphatic heterocycles. The van der Waals surface area contributed by atoms with E-state index in [9.17, 15) is 9.90 Å². The average molecular weight is 301 g/mol. The van der Waals surface area contributed by atoms with Crippen molar-refractivity contribution in [1.82, 2.24) is 15.1 Å². The molecule has 1 amide bonds. The van der Waals surface area contributed by atoms with Gasteiger partial charge in [0.2, 0.25) is 5.91 Å². The number of nitrogens with one attached hydrogen (secondary N) is 1. The predicted molar refractivity (Wildman–Crippen MR) is 85.3 cm³/mol. The van der Waals surface area contributed by atoms with Crippen LogP contribution in [-0.2, 0) is 11.3 Å². The van der Waals surface area contributed by atoms with Crippen molar-refractivity contribution in [2.75, 3.05) is 6.54 Å². The lowest BCUT2D eigenvalue weighted by molar-refractivity contribution is -0.125. The lowest BCUT2D eigenvalue weighted by atomic mass is 10.1. The van der Waals surface area contributed by atoms with E-state index < -0.39 is 0 Å². The minimum Gasteiger partial charge on any atom is -0.393 e. The second kappa shape index (κ2) is 6.48. The van der Waals surface area contributed by atoms with Gasteiger partial charge in [0, 0.05) is 17.8 Å². The number of aromatic nitrogens is 2. The number of amides is 1. The highest BCUT2D eigenvalue weighted by atomic mass is 16.3. The number of fused-ring (bicyclic) bond motifs is 1. The number of benzene rings is 1. The van der Waals surface area contributed by atoms with E-state index in [1.165, 1.54) is 0 Å². The fourth-order valence-corrected chi connectivity index (χ4v) is 3.17. The summed E-state index contributed by atoms with van der Waals surface area (Å²) in [5, 5.41) is 18.2. The first kappa shape index (κ1) is 15.0. The SMILES string of the molecule is C[C@H](Cn1ncc2ccccc21)C(=O)NC[C@H]1CCC[C@@H]1O. The van der Waals surface area contributed by atoms with Crippen LogP contribution in [0.15, 0.2) is 30.5 Å². The Bertz CT molecular complexity index is 652. The largest absolute Gasteiger partial charge is 0.393 e. The zero-order chi connectivity index (χ0) is 15.5. The Morgan fingerprint density at radius 2 is 2.27 bits per heavy atom. The van der Waals surface area contributed by atoms with Gasteiger partial charge >= 0.3 is 0 Å². The molecular formula is C17H23N3O2. The molecular weight excluding hydrogens is 278 g/mol. The Labute approximate surface area is 130 Å². The molecule has 22 heavy (non-hydrogen) atoms. The maximum Gasteiger partial charge on any atom is 0.224 e. The third-order valence-electron chi connectivity index (χ3n) is 4.60. The number of rotatable bonds is 5. The van der Waals surface area contributed by atoms with Crippen LogP contribution >= 0.6 is 0 Å². The fraction of sp³-hybridized carbons (Fsp3) is 0.529.